The van der Waals surface area contributed by atoms with E-state index in [-0.39, 0.29) is 74.3 Å². The van der Waals surface area contributed by atoms with Crippen molar-refractivity contribution in [2.24, 2.45) is 0 Å². The van der Waals surface area contributed by atoms with Crippen LogP contribution in [0.1, 0.15) is 89.4 Å². The zero-order chi connectivity index (χ0) is 94.5. The van der Waals surface area contributed by atoms with Crippen LogP contribution in [0, 0.1) is 12.1 Å². The van der Waals surface area contributed by atoms with Crippen LogP contribution in [0.4, 0.5) is 5.69 Å². The van der Waals surface area contributed by atoms with Gasteiger partial charge in [-0.3, -0.25) is 9.78 Å². The van der Waals surface area contributed by atoms with Crippen LogP contribution in [0.5, 0.6) is 0 Å². The molecule has 7 aliphatic heterocycles. The second-order valence-corrected chi connectivity index (χ2v) is 33.3. The van der Waals surface area contributed by atoms with E-state index in [0.717, 1.165) is 42.7 Å². The van der Waals surface area contributed by atoms with E-state index in [1.807, 2.05) is 66.7 Å². The maximum absolute atomic E-state index is 11.8. The van der Waals surface area contributed by atoms with Crippen LogP contribution >= 0.6 is 0 Å². The van der Waals surface area contributed by atoms with Gasteiger partial charge in [-0.1, -0.05) is 276 Å². The molecule has 14 heterocycles. The summed E-state index contributed by atoms with van der Waals surface area (Å²) < 4.78 is 83.4. The molecule has 14 heteroatoms. The zero-order valence-electron chi connectivity index (χ0n) is 80.6. The van der Waals surface area contributed by atoms with E-state index in [2.05, 4.69) is 367 Å². The molecule has 1 atom stereocenters. The number of aromatic nitrogens is 9. The van der Waals surface area contributed by atoms with Gasteiger partial charge in [0, 0.05) is 119 Å². The minimum atomic E-state index is -0.414. The number of rotatable bonds is 7. The molecule has 0 aliphatic carbocycles. The molecule has 1 unspecified atom stereocenters. The minimum absolute atomic E-state index is 0. The summed E-state index contributed by atoms with van der Waals surface area (Å²) in [6.07, 6.45) is 24.3. The Balaban J connectivity index is 0.000000101. The Kier molecular flexibility index (Phi) is 21.0. The van der Waals surface area contributed by atoms with Gasteiger partial charge in [0.15, 0.2) is 23.8 Å². The van der Waals surface area contributed by atoms with Gasteiger partial charge in [0.2, 0.25) is 5.69 Å². The second-order valence-electron chi connectivity index (χ2n) is 33.3. The number of allylic oxidation sites excluding steroid dienone is 3. The fourth-order valence-electron chi connectivity index (χ4n) is 18.7. The summed E-state index contributed by atoms with van der Waals surface area (Å²) in [6.45, 7) is 12.0. The molecule has 20 aromatic rings. The molecule has 0 bridgehead atoms. The first-order valence-corrected chi connectivity index (χ1v) is 44.1. The largest absolute Gasteiger partial charge is 0.496 e. The summed E-state index contributed by atoms with van der Waals surface area (Å²) in [5, 5.41) is 5.89. The number of imidazole rings is 3. The van der Waals surface area contributed by atoms with E-state index in [1.165, 1.54) is 133 Å². The van der Waals surface area contributed by atoms with Crippen LogP contribution in [-0.2, 0) is 52.7 Å². The molecule has 637 valence electrons. The average Bonchev–Trinajstić information content (AvgIpc) is 1.56. The molecule has 0 saturated carbocycles. The van der Waals surface area contributed by atoms with E-state index in [9.17, 15) is 4.79 Å². The van der Waals surface area contributed by atoms with Crippen molar-refractivity contribution in [1.29, 1.82) is 0 Å². The predicted octanol–water partition coefficient (Wildman–Crippen LogP) is 23.9. The van der Waals surface area contributed by atoms with Crippen LogP contribution in [0.25, 0.3) is 129 Å². The van der Waals surface area contributed by atoms with E-state index in [4.69, 9.17) is 15.4 Å². The van der Waals surface area contributed by atoms with E-state index >= 15 is 0 Å². The molecule has 13 nitrogen and oxygen atoms in total. The topological polar surface area (TPSA) is 92.8 Å². The van der Waals surface area contributed by atoms with Crippen molar-refractivity contribution in [3.63, 3.8) is 0 Å². The molecule has 1 radical (unpaired) electrons. The number of nitrogens with zero attached hydrogens (tertiary/aromatic N) is 11. The van der Waals surface area contributed by atoms with Gasteiger partial charge >= 0.3 is 0 Å². The maximum atomic E-state index is 11.8. The summed E-state index contributed by atoms with van der Waals surface area (Å²) in [4.78, 5) is 24.9. The summed E-state index contributed by atoms with van der Waals surface area (Å²) >= 11 is 0. The van der Waals surface area contributed by atoms with Crippen molar-refractivity contribution < 1.29 is 53.8 Å². The molecular formula is C117H95IrN11O2+2. The van der Waals surface area contributed by atoms with Crippen molar-refractivity contribution >= 4 is 49.2 Å². The van der Waals surface area contributed by atoms with Crippen molar-refractivity contribution in [3.8, 4) is 85.0 Å². The summed E-state index contributed by atoms with van der Waals surface area (Å²) in [5.74, 6) is 4.85. The first-order chi connectivity index (χ1) is 67.4. The zero-order valence-corrected chi connectivity index (χ0v) is 75.0. The number of benzene rings is 13. The quantitative estimate of drug-likeness (QED) is 0.0897. The van der Waals surface area contributed by atoms with Crippen LogP contribution in [-0.4, -0.2) is 34.7 Å². The molecule has 7 aromatic heterocycles. The van der Waals surface area contributed by atoms with E-state index in [1.54, 1.807) is 30.6 Å². The van der Waals surface area contributed by atoms with Gasteiger partial charge in [0.25, 0.3) is 23.1 Å². The van der Waals surface area contributed by atoms with Gasteiger partial charge in [0.1, 0.15) is 69.0 Å². The Morgan fingerprint density at radius 3 is 1.73 bits per heavy atom. The minimum Gasteiger partial charge on any atom is -0.496 e. The SMILES string of the molecule is C1=CC2=CN3c4ccccc4CC3N2C=C1.CC(C)c1cccc(C(C)C)c1-n1cc[n+]2c1-c1ccccc1C2.O=c1oc2ccccc2[c-]c1-c1ccccn1.[2H]c1c([2H])c([2H])c2c(c1[2H])C[n+]1c([2H])c([2H])c([2H])c([2H])c1-2.[Ir].[c-]1ccccc1-c1ccccn1.c1ccc2c(c1)C[n+]1c-2n(-c2cccc3ccccc23)c2ccccc21.c1ccc2c(c1)C[n+]1ccn(-c3cccc4ccccc34)c1-2. The van der Waals surface area contributed by atoms with Gasteiger partial charge in [0.05, 0.1) is 43.1 Å². The maximum Gasteiger partial charge on any atom is 0.295 e. The Morgan fingerprint density at radius 2 is 1.02 bits per heavy atom. The standard InChI is InChI=1S/C24H17N2.C22H25N2.C20H15N2.C14H12N2.C14H8NO2.C12H10N.C11H8N.Ir/c1-3-11-19-17(8-1)10-7-15-21(19)26-23-14-6-5-13-22(23)25-16-18-9-2-4-12-20(18)24(25)26;1-15(2)18-10-7-11-19(16(3)4)21(18)24-13-12-23-14-17-8-5-6-9-20(17)22(23)24;1-3-9-17-15(6-1)8-5-11-19(17)22-13-12-21-14-16-7-2-4-10-18(16)20(21)22;1-2-7-13-11(5-1)9-14-15-8-4-3-6-12(15)10-16(13)14;16-14-11(12-6-3-4-8-15-12)9-10-5-1-2-7-13(10)17-14;1-2-6-11-10(5-1)9-13-8-4-3-7-12(11)13;1-2-6-10(7-3-1)11-8-4-5-9-12-11;/h1-15H,16H2;5-13,15-16H,14H2,1-4H3;1-13H,14H2;1-8,10,14H,9H2;1-8H;1-8H,9H2;1-6,8-9H;/q3*+1;;-1;+1;-1;/i;;;;;1D,2D,3D,4D,5D,6D,7D,8D;;. The first kappa shape index (κ1) is 74.5. The van der Waals surface area contributed by atoms with Crippen molar-refractivity contribution in [3.05, 3.63) is 493 Å². The molecule has 13 aromatic carbocycles. The van der Waals surface area contributed by atoms with Crippen molar-refractivity contribution in [2.75, 3.05) is 4.90 Å². The summed E-state index contributed by atoms with van der Waals surface area (Å²) in [6, 6.07) is 111. The normalized spacial score (nSPS) is 14.2. The molecule has 0 fully saturated rings. The number of pyridine rings is 3. The number of hydrogen-bond donors (Lipinski definition) is 0. The van der Waals surface area contributed by atoms with Gasteiger partial charge in [-0.2, -0.15) is 18.3 Å². The number of hydrogen-bond acceptors (Lipinski definition) is 6. The predicted molar refractivity (Wildman–Crippen MR) is 521 cm³/mol. The van der Waals surface area contributed by atoms with Crippen LogP contribution in [0.2, 0.25) is 0 Å². The molecule has 27 rings (SSSR count). The fraction of sp³-hybridized carbons (Fsp3) is 0.103. The third-order valence-corrected chi connectivity index (χ3v) is 24.7. The average molecular weight is 1890 g/mol. The summed E-state index contributed by atoms with van der Waals surface area (Å²) in [7, 11) is 0. The fourth-order valence-corrected chi connectivity index (χ4v) is 18.7. The molecule has 131 heavy (non-hydrogen) atoms. The smallest absolute Gasteiger partial charge is 0.295 e. The van der Waals surface area contributed by atoms with Gasteiger partial charge in [-0.05, 0) is 124 Å². The second kappa shape index (κ2) is 37.0. The molecule has 0 saturated heterocycles. The summed E-state index contributed by atoms with van der Waals surface area (Å²) in [5.41, 5.74) is 25.2. The van der Waals surface area contributed by atoms with E-state index < -0.39 is 17.7 Å². The molecule has 0 spiro atoms. The van der Waals surface area contributed by atoms with Gasteiger partial charge in [-0.25, -0.2) is 13.7 Å². The van der Waals surface area contributed by atoms with Crippen LogP contribution in [0.3, 0.4) is 0 Å². The van der Waals surface area contributed by atoms with Gasteiger partial charge < -0.3 is 19.2 Å². The van der Waals surface area contributed by atoms with Crippen molar-refractivity contribution in [1.82, 2.24) is 28.6 Å². The third kappa shape index (κ3) is 16.3. The molecule has 0 N–H and O–H groups in total. The van der Waals surface area contributed by atoms with Gasteiger partial charge in [-0.15, -0.1) is 48.0 Å². The van der Waals surface area contributed by atoms with Crippen molar-refractivity contribution in [2.45, 2.75) is 78.3 Å². The Hall–Kier alpha value is -15.6. The van der Waals surface area contributed by atoms with E-state index in [0.29, 0.717) is 40.4 Å². The first-order valence-electron chi connectivity index (χ1n) is 48.1. The Bertz CT molecular complexity index is 8180. The van der Waals surface area contributed by atoms with Crippen LogP contribution in [0.15, 0.2) is 441 Å². The monoisotopic (exact) mass is 1890 g/mol. The number of para-hydroxylation sites is 5. The van der Waals surface area contributed by atoms with Crippen LogP contribution < -0.4 is 28.8 Å². The number of anilines is 1. The Morgan fingerprint density at radius 1 is 0.466 bits per heavy atom. The third-order valence-electron chi connectivity index (χ3n) is 24.7. The molecular weight excluding hydrogens is 1780 g/mol. The number of fused-ring (bicyclic) bond motifs is 22. The molecule has 7 aliphatic rings. The molecule has 0 amide bonds. The Labute approximate surface area is 787 Å².